The van der Waals surface area contributed by atoms with Crippen LogP contribution < -0.4 is 10.6 Å². The highest BCUT2D eigenvalue weighted by Crippen LogP contribution is 2.42. The molecule has 206 valence electrons. The van der Waals surface area contributed by atoms with Gasteiger partial charge in [0.15, 0.2) is 0 Å². The zero-order valence-corrected chi connectivity index (χ0v) is 21.5. The molecule has 38 heavy (non-hydrogen) atoms. The first-order valence-electron chi connectivity index (χ1n) is 11.6. The van der Waals surface area contributed by atoms with E-state index in [-0.39, 0.29) is 30.1 Å². The Kier molecular flexibility index (Phi) is 8.24. The standard InChI is InChI=1S/C26H26F6N4O.ClH/c1-24(2,3)36-12-11-20(35-36)19-14-21(23(37)33-18-9-7-16(8-10-18)25(27,28)29)34-22(19)15-5-4-6-17(13-15)26(30,31)32;/h4-13,19,21-22,34H,14H2,1-3H3,(H,33,37);1H/t19?,21-,22-;/m0./s1. The van der Waals surface area contributed by atoms with Gasteiger partial charge in [-0.05, 0) is 75.2 Å². The van der Waals surface area contributed by atoms with Crippen LogP contribution >= 0.6 is 12.4 Å². The Labute approximate surface area is 222 Å². The van der Waals surface area contributed by atoms with Gasteiger partial charge in [0, 0.05) is 23.8 Å². The molecule has 2 heterocycles. The molecule has 4 rings (SSSR count). The fourth-order valence-corrected chi connectivity index (χ4v) is 4.38. The first-order chi connectivity index (χ1) is 17.1. The molecule has 2 N–H and O–H groups in total. The third-order valence-corrected chi connectivity index (χ3v) is 6.32. The summed E-state index contributed by atoms with van der Waals surface area (Å²) in [4.78, 5) is 13.0. The Bertz CT molecular complexity index is 1260. The van der Waals surface area contributed by atoms with E-state index in [4.69, 9.17) is 0 Å². The topological polar surface area (TPSA) is 59.0 Å². The molecule has 0 bridgehead atoms. The summed E-state index contributed by atoms with van der Waals surface area (Å²) in [5.41, 5.74) is -0.817. The average molecular weight is 561 g/mol. The van der Waals surface area contributed by atoms with Crippen molar-refractivity contribution in [1.29, 1.82) is 0 Å². The van der Waals surface area contributed by atoms with Crippen LogP contribution in [0.4, 0.5) is 32.0 Å². The number of aromatic nitrogens is 2. The minimum atomic E-state index is -4.53. The van der Waals surface area contributed by atoms with Gasteiger partial charge in [-0.15, -0.1) is 12.4 Å². The van der Waals surface area contributed by atoms with Gasteiger partial charge in [0.05, 0.1) is 28.4 Å². The van der Waals surface area contributed by atoms with E-state index in [1.54, 1.807) is 23.0 Å². The molecular weight excluding hydrogens is 534 g/mol. The van der Waals surface area contributed by atoms with Crippen molar-refractivity contribution >= 4 is 24.0 Å². The second-order valence-electron chi connectivity index (χ2n) is 10.1. The summed E-state index contributed by atoms with van der Waals surface area (Å²) >= 11 is 0. The van der Waals surface area contributed by atoms with Gasteiger partial charge in [0.1, 0.15) is 0 Å². The molecule has 12 heteroatoms. The van der Waals surface area contributed by atoms with Crippen LogP contribution in [-0.2, 0) is 22.7 Å². The van der Waals surface area contributed by atoms with E-state index in [9.17, 15) is 31.1 Å². The summed E-state index contributed by atoms with van der Waals surface area (Å²) in [6.07, 6.45) is -7.02. The van der Waals surface area contributed by atoms with Crippen LogP contribution in [0, 0.1) is 0 Å². The molecule has 5 nitrogen and oxygen atoms in total. The number of carbonyl (C=O) groups is 1. The molecular formula is C26H27ClF6N4O. The second-order valence-corrected chi connectivity index (χ2v) is 10.1. The van der Waals surface area contributed by atoms with Crippen molar-refractivity contribution in [3.8, 4) is 0 Å². The molecule has 1 fully saturated rings. The normalized spacial score (nSPS) is 20.2. The molecule has 0 spiro atoms. The molecule has 3 atom stereocenters. The Morgan fingerprint density at radius 2 is 1.58 bits per heavy atom. The summed E-state index contributed by atoms with van der Waals surface area (Å²) < 4.78 is 80.4. The zero-order valence-electron chi connectivity index (χ0n) is 20.7. The first-order valence-corrected chi connectivity index (χ1v) is 11.6. The number of rotatable bonds is 4. The maximum atomic E-state index is 13.4. The van der Waals surface area contributed by atoms with E-state index in [1.165, 1.54) is 6.07 Å². The van der Waals surface area contributed by atoms with E-state index < -0.39 is 47.4 Å². The number of hydrogen-bond donors (Lipinski definition) is 2. The van der Waals surface area contributed by atoms with E-state index in [1.807, 2.05) is 20.8 Å². The van der Waals surface area contributed by atoms with E-state index in [0.29, 0.717) is 11.3 Å². The lowest BCUT2D eigenvalue weighted by Gasteiger charge is -2.21. The molecule has 0 aliphatic carbocycles. The third kappa shape index (κ3) is 6.50. The lowest BCUT2D eigenvalue weighted by molar-refractivity contribution is -0.138. The van der Waals surface area contributed by atoms with Crippen molar-refractivity contribution in [3.05, 3.63) is 83.2 Å². The highest BCUT2D eigenvalue weighted by Gasteiger charge is 2.41. The molecule has 1 aliphatic heterocycles. The van der Waals surface area contributed by atoms with Gasteiger partial charge in [-0.3, -0.25) is 14.8 Å². The van der Waals surface area contributed by atoms with Crippen LogP contribution in [0.25, 0.3) is 0 Å². The Morgan fingerprint density at radius 1 is 0.947 bits per heavy atom. The molecule has 2 aromatic carbocycles. The Hall–Kier alpha value is -3.05. The van der Waals surface area contributed by atoms with Gasteiger partial charge in [-0.2, -0.15) is 31.4 Å². The molecule has 1 unspecified atom stereocenters. The third-order valence-electron chi connectivity index (χ3n) is 6.32. The minimum absolute atomic E-state index is 0. The lowest BCUT2D eigenvalue weighted by Crippen LogP contribution is -2.36. The molecule has 1 amide bonds. The highest BCUT2D eigenvalue weighted by molar-refractivity contribution is 5.95. The fraction of sp³-hybridized carbons (Fsp3) is 0.385. The molecule has 0 radical (unpaired) electrons. The monoisotopic (exact) mass is 560 g/mol. The van der Waals surface area contributed by atoms with Gasteiger partial charge >= 0.3 is 12.4 Å². The van der Waals surface area contributed by atoms with Gasteiger partial charge in [-0.1, -0.05) is 12.1 Å². The van der Waals surface area contributed by atoms with Crippen LogP contribution in [0.1, 0.15) is 61.5 Å². The molecule has 1 saturated heterocycles. The van der Waals surface area contributed by atoms with Crippen LogP contribution in [-0.4, -0.2) is 21.7 Å². The summed E-state index contributed by atoms with van der Waals surface area (Å²) in [6.45, 7) is 5.88. The number of halogens is 7. The van der Waals surface area contributed by atoms with Crippen LogP contribution in [0.2, 0.25) is 0 Å². The fourth-order valence-electron chi connectivity index (χ4n) is 4.38. The van der Waals surface area contributed by atoms with Crippen molar-refractivity contribution in [2.45, 2.75) is 63.1 Å². The number of alkyl halides is 6. The van der Waals surface area contributed by atoms with E-state index in [0.717, 1.165) is 36.4 Å². The van der Waals surface area contributed by atoms with Gasteiger partial charge in [-0.25, -0.2) is 0 Å². The lowest BCUT2D eigenvalue weighted by atomic mass is 9.90. The van der Waals surface area contributed by atoms with E-state index >= 15 is 0 Å². The summed E-state index contributed by atoms with van der Waals surface area (Å²) in [5.74, 6) is -0.926. The number of carbonyl (C=O) groups excluding carboxylic acids is 1. The van der Waals surface area contributed by atoms with Crippen molar-refractivity contribution in [2.24, 2.45) is 0 Å². The zero-order chi connectivity index (χ0) is 27.2. The van der Waals surface area contributed by atoms with Crippen LogP contribution in [0.3, 0.4) is 0 Å². The summed E-state index contributed by atoms with van der Waals surface area (Å²) in [5, 5.41) is 10.4. The van der Waals surface area contributed by atoms with Gasteiger partial charge < -0.3 is 5.32 Å². The number of hydrogen-bond acceptors (Lipinski definition) is 3. The predicted octanol–water partition coefficient (Wildman–Crippen LogP) is 6.92. The van der Waals surface area contributed by atoms with E-state index in [2.05, 4.69) is 15.7 Å². The van der Waals surface area contributed by atoms with Crippen molar-refractivity contribution in [1.82, 2.24) is 15.1 Å². The molecule has 1 aliphatic rings. The van der Waals surface area contributed by atoms with Crippen LogP contribution in [0.5, 0.6) is 0 Å². The van der Waals surface area contributed by atoms with Gasteiger partial charge in [0.25, 0.3) is 0 Å². The summed E-state index contributed by atoms with van der Waals surface area (Å²) in [7, 11) is 0. The number of anilines is 1. The minimum Gasteiger partial charge on any atom is -0.325 e. The number of nitrogens with one attached hydrogen (secondary N) is 2. The summed E-state index contributed by atoms with van der Waals surface area (Å²) in [6, 6.07) is 9.30. The SMILES string of the molecule is CC(C)(C)n1ccc(C2C[C@@H](C(=O)Nc3ccc(C(F)(F)F)cc3)N[C@H]2c2cccc(C(F)(F)F)c2)n1.Cl. The number of benzene rings is 2. The Morgan fingerprint density at radius 3 is 2.13 bits per heavy atom. The van der Waals surface area contributed by atoms with Crippen LogP contribution in [0.15, 0.2) is 60.8 Å². The molecule has 3 aromatic rings. The number of nitrogens with zero attached hydrogens (tertiary/aromatic N) is 2. The highest BCUT2D eigenvalue weighted by atomic mass is 35.5. The molecule has 1 aromatic heterocycles. The second kappa shape index (κ2) is 10.6. The van der Waals surface area contributed by atoms with Crippen molar-refractivity contribution in [3.63, 3.8) is 0 Å². The molecule has 0 saturated carbocycles. The smallest absolute Gasteiger partial charge is 0.325 e. The Balaban J connectivity index is 0.00000400. The number of amides is 1. The van der Waals surface area contributed by atoms with Gasteiger partial charge in [0.2, 0.25) is 5.91 Å². The predicted molar refractivity (Wildman–Crippen MR) is 133 cm³/mol. The van der Waals surface area contributed by atoms with Crippen molar-refractivity contribution < 1.29 is 31.1 Å². The average Bonchev–Trinajstić information content (AvgIpc) is 3.46. The van der Waals surface area contributed by atoms with Crippen molar-refractivity contribution in [2.75, 3.05) is 5.32 Å². The maximum Gasteiger partial charge on any atom is 0.416 e. The first kappa shape index (κ1) is 29.5. The maximum absolute atomic E-state index is 13.4. The largest absolute Gasteiger partial charge is 0.416 e. The quantitative estimate of drug-likeness (QED) is 0.340.